The van der Waals surface area contributed by atoms with Crippen LogP contribution in [0.3, 0.4) is 0 Å². The van der Waals surface area contributed by atoms with Crippen LogP contribution in [0.15, 0.2) is 11.6 Å². The summed E-state index contributed by atoms with van der Waals surface area (Å²) >= 11 is 0. The van der Waals surface area contributed by atoms with E-state index in [9.17, 15) is 26.3 Å². The van der Waals surface area contributed by atoms with E-state index in [0.717, 1.165) is 5.57 Å². The molecule has 0 aromatic carbocycles. The Bertz CT molecular complexity index is 404. The molecule has 1 N–H and O–H groups in total. The molecule has 0 saturated heterocycles. The SMILES string of the molecule is CC(C)(C)CC(=CCCC(O)(C(F)(F)F)C(F)(F)F)C(C)(C)C. The van der Waals surface area contributed by atoms with Gasteiger partial charge in [0.15, 0.2) is 0 Å². The summed E-state index contributed by atoms with van der Waals surface area (Å²) in [6.45, 7) is 11.4. The van der Waals surface area contributed by atoms with Crippen LogP contribution < -0.4 is 0 Å². The minimum atomic E-state index is -5.76. The van der Waals surface area contributed by atoms with Gasteiger partial charge < -0.3 is 5.11 Å². The minimum Gasteiger partial charge on any atom is -0.374 e. The van der Waals surface area contributed by atoms with Crippen molar-refractivity contribution in [3.8, 4) is 0 Å². The highest BCUT2D eigenvalue weighted by Gasteiger charge is 2.69. The Kier molecular flexibility index (Phi) is 6.44. The van der Waals surface area contributed by atoms with Crippen molar-refractivity contribution < 1.29 is 31.4 Å². The Balaban J connectivity index is 5.38. The Labute approximate surface area is 133 Å². The van der Waals surface area contributed by atoms with Crippen molar-refractivity contribution in [1.29, 1.82) is 0 Å². The molecule has 0 aliphatic rings. The molecular weight excluding hydrogens is 322 g/mol. The molecule has 0 spiro atoms. The first kappa shape index (κ1) is 22.3. The topological polar surface area (TPSA) is 20.2 Å². The largest absolute Gasteiger partial charge is 0.426 e. The average Bonchev–Trinajstić information content (AvgIpc) is 2.21. The van der Waals surface area contributed by atoms with E-state index in [4.69, 9.17) is 5.11 Å². The van der Waals surface area contributed by atoms with Gasteiger partial charge in [0.2, 0.25) is 0 Å². The van der Waals surface area contributed by atoms with E-state index in [2.05, 4.69) is 0 Å². The molecule has 0 aromatic heterocycles. The number of allylic oxidation sites excluding steroid dienone is 2. The van der Waals surface area contributed by atoms with Crippen molar-refractivity contribution in [3.05, 3.63) is 11.6 Å². The van der Waals surface area contributed by atoms with E-state index in [1.54, 1.807) is 0 Å². The summed E-state index contributed by atoms with van der Waals surface area (Å²) in [4.78, 5) is 0. The first-order valence-corrected chi connectivity index (χ1v) is 7.37. The van der Waals surface area contributed by atoms with Crippen LogP contribution in [0.5, 0.6) is 0 Å². The zero-order valence-corrected chi connectivity index (χ0v) is 14.4. The summed E-state index contributed by atoms with van der Waals surface area (Å²) in [6, 6.07) is 0. The molecule has 0 fully saturated rings. The van der Waals surface area contributed by atoms with Crippen LogP contribution >= 0.6 is 0 Å². The summed E-state index contributed by atoms with van der Waals surface area (Å²) in [5, 5.41) is 9.15. The quantitative estimate of drug-likeness (QED) is 0.486. The van der Waals surface area contributed by atoms with Gasteiger partial charge in [-0.05, 0) is 30.1 Å². The lowest BCUT2D eigenvalue weighted by atomic mass is 9.76. The Morgan fingerprint density at radius 2 is 1.22 bits per heavy atom. The Morgan fingerprint density at radius 3 is 1.48 bits per heavy atom. The maximum Gasteiger partial charge on any atom is 0.426 e. The normalized spacial score (nSPS) is 16.0. The monoisotopic (exact) mass is 348 g/mol. The van der Waals surface area contributed by atoms with E-state index < -0.39 is 30.8 Å². The third-order valence-corrected chi connectivity index (χ3v) is 3.52. The van der Waals surface area contributed by atoms with Gasteiger partial charge in [0.05, 0.1) is 0 Å². The number of halogens is 6. The zero-order chi connectivity index (χ0) is 18.9. The van der Waals surface area contributed by atoms with Gasteiger partial charge in [0, 0.05) is 0 Å². The standard InChI is InChI=1S/C16H26F6O/c1-12(2,3)10-11(13(4,5)6)8-7-9-14(23,15(17,18)19)16(20,21)22/h8,23H,7,9-10H2,1-6H3. The molecule has 138 valence electrons. The van der Waals surface area contributed by atoms with E-state index >= 15 is 0 Å². The third-order valence-electron chi connectivity index (χ3n) is 3.52. The molecular formula is C16H26F6O. The van der Waals surface area contributed by atoms with Gasteiger partial charge in [0.1, 0.15) is 0 Å². The van der Waals surface area contributed by atoms with Crippen molar-refractivity contribution in [1.82, 2.24) is 0 Å². The zero-order valence-electron chi connectivity index (χ0n) is 14.4. The second-order valence-corrected chi connectivity index (χ2v) is 8.11. The molecule has 0 radical (unpaired) electrons. The van der Waals surface area contributed by atoms with Crippen molar-refractivity contribution in [2.75, 3.05) is 0 Å². The van der Waals surface area contributed by atoms with Crippen LogP contribution in [-0.2, 0) is 0 Å². The molecule has 0 aliphatic carbocycles. The molecule has 0 bridgehead atoms. The molecule has 7 heteroatoms. The van der Waals surface area contributed by atoms with Crippen LogP contribution in [0.25, 0.3) is 0 Å². The van der Waals surface area contributed by atoms with E-state index in [1.165, 1.54) is 6.08 Å². The predicted octanol–water partition coefficient (Wildman–Crippen LogP) is 6.03. The van der Waals surface area contributed by atoms with Gasteiger partial charge >= 0.3 is 12.4 Å². The van der Waals surface area contributed by atoms with E-state index in [0.29, 0.717) is 6.42 Å². The molecule has 0 unspecified atom stereocenters. The molecule has 0 aromatic rings. The lowest BCUT2D eigenvalue weighted by molar-refractivity contribution is -0.369. The summed E-state index contributed by atoms with van der Waals surface area (Å²) in [5.74, 6) is 0. The summed E-state index contributed by atoms with van der Waals surface area (Å²) in [6.07, 6.45) is -11.5. The summed E-state index contributed by atoms with van der Waals surface area (Å²) in [5.41, 5.74) is -4.43. The number of aliphatic hydroxyl groups is 1. The van der Waals surface area contributed by atoms with Crippen LogP contribution in [-0.4, -0.2) is 23.1 Å². The number of rotatable bonds is 4. The molecule has 0 saturated carbocycles. The molecule has 0 rings (SSSR count). The van der Waals surface area contributed by atoms with Gasteiger partial charge in [-0.3, -0.25) is 0 Å². The average molecular weight is 348 g/mol. The van der Waals surface area contributed by atoms with Gasteiger partial charge in [-0.15, -0.1) is 0 Å². The number of hydrogen-bond acceptors (Lipinski definition) is 1. The van der Waals surface area contributed by atoms with Gasteiger partial charge in [-0.1, -0.05) is 53.2 Å². The van der Waals surface area contributed by atoms with Crippen LogP contribution in [0.1, 0.15) is 60.8 Å². The molecule has 0 amide bonds. The van der Waals surface area contributed by atoms with Crippen LogP contribution in [0.2, 0.25) is 0 Å². The lowest BCUT2D eigenvalue weighted by Gasteiger charge is -2.33. The fourth-order valence-electron chi connectivity index (χ4n) is 2.11. The maximum absolute atomic E-state index is 12.6. The summed E-state index contributed by atoms with van der Waals surface area (Å²) < 4.78 is 75.8. The van der Waals surface area contributed by atoms with Gasteiger partial charge in [0.25, 0.3) is 5.60 Å². The van der Waals surface area contributed by atoms with E-state index in [1.807, 2.05) is 41.5 Å². The van der Waals surface area contributed by atoms with Crippen LogP contribution in [0, 0.1) is 10.8 Å². The number of hydrogen-bond donors (Lipinski definition) is 1. The van der Waals surface area contributed by atoms with Crippen molar-refractivity contribution in [3.63, 3.8) is 0 Å². The lowest BCUT2D eigenvalue weighted by Crippen LogP contribution is -2.56. The maximum atomic E-state index is 12.6. The molecule has 23 heavy (non-hydrogen) atoms. The predicted molar refractivity (Wildman–Crippen MR) is 77.9 cm³/mol. The Hall–Kier alpha value is -0.720. The van der Waals surface area contributed by atoms with Crippen molar-refractivity contribution in [2.24, 2.45) is 10.8 Å². The highest BCUT2D eigenvalue weighted by Crippen LogP contribution is 2.46. The third kappa shape index (κ3) is 6.36. The molecule has 0 atom stereocenters. The molecule has 1 nitrogen and oxygen atoms in total. The molecule has 0 aliphatic heterocycles. The number of alkyl halides is 6. The highest BCUT2D eigenvalue weighted by atomic mass is 19.4. The first-order chi connectivity index (χ1) is 9.81. The van der Waals surface area contributed by atoms with Crippen LogP contribution in [0.4, 0.5) is 26.3 Å². The second kappa shape index (κ2) is 6.65. The van der Waals surface area contributed by atoms with Gasteiger partial charge in [-0.25, -0.2) is 0 Å². The van der Waals surface area contributed by atoms with E-state index in [-0.39, 0.29) is 10.8 Å². The van der Waals surface area contributed by atoms with Gasteiger partial charge in [-0.2, -0.15) is 26.3 Å². The fraction of sp³-hybridized carbons (Fsp3) is 0.875. The van der Waals surface area contributed by atoms with Crippen molar-refractivity contribution >= 4 is 0 Å². The smallest absolute Gasteiger partial charge is 0.374 e. The second-order valence-electron chi connectivity index (χ2n) is 8.11. The molecule has 0 heterocycles. The highest BCUT2D eigenvalue weighted by molar-refractivity contribution is 5.13. The fourth-order valence-corrected chi connectivity index (χ4v) is 2.11. The summed E-state index contributed by atoms with van der Waals surface area (Å²) in [7, 11) is 0. The first-order valence-electron chi connectivity index (χ1n) is 7.37. The van der Waals surface area contributed by atoms with Crippen molar-refractivity contribution in [2.45, 2.75) is 78.8 Å². The minimum absolute atomic E-state index is 0.149. The Morgan fingerprint density at radius 1 is 0.826 bits per heavy atom.